The molecule has 5 heteroatoms. The third kappa shape index (κ3) is 2.37. The van der Waals surface area contributed by atoms with Crippen LogP contribution < -0.4 is 5.46 Å². The number of hydrogen-bond acceptors (Lipinski definition) is 4. The van der Waals surface area contributed by atoms with Crippen molar-refractivity contribution < 1.29 is 14.1 Å². The second kappa shape index (κ2) is 4.73. The van der Waals surface area contributed by atoms with E-state index in [4.69, 9.17) is 14.6 Å². The van der Waals surface area contributed by atoms with Crippen molar-refractivity contribution in [1.29, 1.82) is 5.26 Å². The zero-order chi connectivity index (χ0) is 15.1. The first-order valence-electron chi connectivity index (χ1n) is 6.58. The Balaban J connectivity index is 2.37. The van der Waals surface area contributed by atoms with E-state index in [1.54, 1.807) is 18.2 Å². The van der Waals surface area contributed by atoms with Gasteiger partial charge in [0.15, 0.2) is 5.78 Å². The molecule has 0 spiro atoms. The fourth-order valence-corrected chi connectivity index (χ4v) is 2.09. The summed E-state index contributed by atoms with van der Waals surface area (Å²) >= 11 is 0. The van der Waals surface area contributed by atoms with E-state index in [1.807, 2.05) is 27.7 Å². The van der Waals surface area contributed by atoms with Crippen molar-refractivity contribution in [2.24, 2.45) is 0 Å². The van der Waals surface area contributed by atoms with Crippen molar-refractivity contribution in [3.8, 4) is 6.07 Å². The minimum Gasteiger partial charge on any atom is -0.399 e. The summed E-state index contributed by atoms with van der Waals surface area (Å²) in [5, 5.41) is 9.16. The summed E-state index contributed by atoms with van der Waals surface area (Å²) in [5.74, 6) is -0.123. The highest BCUT2D eigenvalue weighted by atomic mass is 16.7. The number of carbonyl (C=O) groups is 1. The van der Waals surface area contributed by atoms with Crippen molar-refractivity contribution in [3.63, 3.8) is 0 Å². The van der Waals surface area contributed by atoms with Gasteiger partial charge in [-0.25, -0.2) is 0 Å². The molecule has 1 aliphatic rings. The smallest absolute Gasteiger partial charge is 0.399 e. The molecule has 0 aromatic heterocycles. The number of nitrogens with zero attached hydrogens (tertiary/aromatic N) is 1. The summed E-state index contributed by atoms with van der Waals surface area (Å²) < 4.78 is 11.9. The van der Waals surface area contributed by atoms with Gasteiger partial charge in [0, 0.05) is 5.56 Å². The van der Waals surface area contributed by atoms with Crippen LogP contribution in [0.3, 0.4) is 0 Å². The van der Waals surface area contributed by atoms with Crippen LogP contribution in [-0.4, -0.2) is 24.1 Å². The summed E-state index contributed by atoms with van der Waals surface area (Å²) in [7, 11) is -0.520. The van der Waals surface area contributed by atoms with E-state index in [0.29, 0.717) is 11.1 Å². The van der Waals surface area contributed by atoms with Gasteiger partial charge in [-0.05, 0) is 46.1 Å². The molecule has 0 N–H and O–H groups in total. The number of carbonyl (C=O) groups excluding carboxylic acids is 1. The molecule has 0 radical (unpaired) electrons. The maximum absolute atomic E-state index is 11.5. The third-order valence-electron chi connectivity index (χ3n) is 4.07. The SMILES string of the molecule is CC(=O)c1ccc(B2OC(C)(C)C(C)(C)O2)cc1C#N. The molecule has 1 saturated heterocycles. The van der Waals surface area contributed by atoms with E-state index in [-0.39, 0.29) is 5.78 Å². The number of nitriles is 1. The molecule has 0 saturated carbocycles. The van der Waals surface area contributed by atoms with Crippen LogP contribution in [0.25, 0.3) is 0 Å². The van der Waals surface area contributed by atoms with Crippen molar-refractivity contribution in [1.82, 2.24) is 0 Å². The Morgan fingerprint density at radius 2 is 1.75 bits per heavy atom. The maximum atomic E-state index is 11.5. The van der Waals surface area contributed by atoms with E-state index in [1.165, 1.54) is 6.92 Å². The van der Waals surface area contributed by atoms with Crippen LogP contribution in [0, 0.1) is 11.3 Å². The Hall–Kier alpha value is -1.64. The van der Waals surface area contributed by atoms with Gasteiger partial charge in [-0.15, -0.1) is 0 Å². The number of rotatable bonds is 2. The highest BCUT2D eigenvalue weighted by molar-refractivity contribution is 6.62. The van der Waals surface area contributed by atoms with Gasteiger partial charge in [-0.2, -0.15) is 5.26 Å². The normalized spacial score (nSPS) is 19.7. The van der Waals surface area contributed by atoms with Crippen molar-refractivity contribution in [2.75, 3.05) is 0 Å². The van der Waals surface area contributed by atoms with E-state index >= 15 is 0 Å². The average Bonchev–Trinajstić information content (AvgIpc) is 2.57. The lowest BCUT2D eigenvalue weighted by atomic mass is 9.77. The second-order valence-electron chi connectivity index (χ2n) is 6.06. The van der Waals surface area contributed by atoms with Gasteiger partial charge in [-0.1, -0.05) is 12.1 Å². The quantitative estimate of drug-likeness (QED) is 0.610. The fourth-order valence-electron chi connectivity index (χ4n) is 2.09. The Kier molecular flexibility index (Phi) is 3.49. The third-order valence-corrected chi connectivity index (χ3v) is 4.07. The van der Waals surface area contributed by atoms with E-state index in [0.717, 1.165) is 5.46 Å². The van der Waals surface area contributed by atoms with Gasteiger partial charge >= 0.3 is 7.12 Å². The van der Waals surface area contributed by atoms with E-state index in [2.05, 4.69) is 6.07 Å². The van der Waals surface area contributed by atoms with E-state index < -0.39 is 18.3 Å². The second-order valence-corrected chi connectivity index (χ2v) is 6.06. The van der Waals surface area contributed by atoms with Gasteiger partial charge in [0.2, 0.25) is 0 Å². The molecule has 1 aromatic rings. The largest absolute Gasteiger partial charge is 0.494 e. The first-order chi connectivity index (χ1) is 9.18. The summed E-state index contributed by atoms with van der Waals surface area (Å²) in [6.45, 7) is 9.35. The molecule has 1 aliphatic heterocycles. The van der Waals surface area contributed by atoms with Gasteiger partial charge in [0.25, 0.3) is 0 Å². The Morgan fingerprint density at radius 1 is 1.20 bits per heavy atom. The molecule has 0 atom stereocenters. The molecular formula is C15H18BNO3. The minimum atomic E-state index is -0.520. The van der Waals surface area contributed by atoms with Gasteiger partial charge in [-0.3, -0.25) is 4.79 Å². The first kappa shape index (κ1) is 14.8. The minimum absolute atomic E-state index is 0.123. The van der Waals surface area contributed by atoms with Crippen LogP contribution in [0.5, 0.6) is 0 Å². The van der Waals surface area contributed by atoms with Crippen LogP contribution >= 0.6 is 0 Å². The predicted molar refractivity (Wildman–Crippen MR) is 76.9 cm³/mol. The zero-order valence-electron chi connectivity index (χ0n) is 12.5. The van der Waals surface area contributed by atoms with E-state index in [9.17, 15) is 4.79 Å². The molecule has 1 aromatic carbocycles. The molecule has 1 heterocycles. The molecule has 20 heavy (non-hydrogen) atoms. The Morgan fingerprint density at radius 3 is 2.20 bits per heavy atom. The van der Waals surface area contributed by atoms with Crippen LogP contribution in [0.4, 0.5) is 0 Å². The highest BCUT2D eigenvalue weighted by Gasteiger charge is 2.51. The highest BCUT2D eigenvalue weighted by Crippen LogP contribution is 2.36. The average molecular weight is 271 g/mol. The lowest BCUT2D eigenvalue weighted by Crippen LogP contribution is -2.41. The van der Waals surface area contributed by atoms with Crippen LogP contribution in [0.1, 0.15) is 50.5 Å². The lowest BCUT2D eigenvalue weighted by Gasteiger charge is -2.32. The number of hydrogen-bond donors (Lipinski definition) is 0. The number of ketones is 1. The molecule has 2 rings (SSSR count). The van der Waals surface area contributed by atoms with Gasteiger partial charge in [0.1, 0.15) is 0 Å². The summed E-state index contributed by atoms with van der Waals surface area (Å²) in [4.78, 5) is 11.5. The van der Waals surface area contributed by atoms with Crippen LogP contribution in [0.15, 0.2) is 18.2 Å². The van der Waals surface area contributed by atoms with Crippen molar-refractivity contribution in [2.45, 2.75) is 45.8 Å². The van der Waals surface area contributed by atoms with Crippen molar-refractivity contribution >= 4 is 18.4 Å². The maximum Gasteiger partial charge on any atom is 0.494 e. The standard InChI is InChI=1S/C15H18BNO3/c1-10(18)13-7-6-12(8-11(13)9-17)16-19-14(2,3)15(4,5)20-16/h6-8H,1-5H3. The fraction of sp³-hybridized carbons (Fsp3) is 0.467. The zero-order valence-corrected chi connectivity index (χ0v) is 12.5. The molecule has 0 amide bonds. The number of benzene rings is 1. The summed E-state index contributed by atoms with van der Waals surface area (Å²) in [5.41, 5.74) is 0.677. The predicted octanol–water partition coefficient (Wildman–Crippen LogP) is 2.06. The molecular weight excluding hydrogens is 253 g/mol. The molecule has 0 aliphatic carbocycles. The number of Topliss-reactive ketones (excluding diaryl/α,β-unsaturated/α-hetero) is 1. The molecule has 0 bridgehead atoms. The molecule has 4 nitrogen and oxygen atoms in total. The summed E-state index contributed by atoms with van der Waals surface area (Å²) in [6, 6.07) is 7.15. The Bertz CT molecular complexity index is 586. The van der Waals surface area contributed by atoms with Crippen LogP contribution in [0.2, 0.25) is 0 Å². The summed E-state index contributed by atoms with van der Waals surface area (Å²) in [6.07, 6.45) is 0. The molecule has 104 valence electrons. The van der Waals surface area contributed by atoms with Crippen molar-refractivity contribution in [3.05, 3.63) is 29.3 Å². The molecule has 1 fully saturated rings. The Labute approximate surface area is 119 Å². The topological polar surface area (TPSA) is 59.3 Å². The monoisotopic (exact) mass is 271 g/mol. The van der Waals surface area contributed by atoms with Crippen LogP contribution in [-0.2, 0) is 9.31 Å². The van der Waals surface area contributed by atoms with Gasteiger partial charge in [0.05, 0.1) is 22.8 Å². The lowest BCUT2D eigenvalue weighted by molar-refractivity contribution is 0.00578. The molecule has 0 unspecified atom stereocenters. The first-order valence-corrected chi connectivity index (χ1v) is 6.58. The van der Waals surface area contributed by atoms with Gasteiger partial charge < -0.3 is 9.31 Å².